The SMILES string of the molecule is CC(C)(C)c1ccccc1OCC(N)(C(N)=O)C1CC1. The molecule has 0 bridgehead atoms. The molecule has 1 amide bonds. The van der Waals surface area contributed by atoms with Gasteiger partial charge in [-0.1, -0.05) is 39.0 Å². The normalized spacial score (nSPS) is 18.4. The summed E-state index contributed by atoms with van der Waals surface area (Å²) >= 11 is 0. The monoisotopic (exact) mass is 276 g/mol. The number of carbonyl (C=O) groups is 1. The van der Waals surface area contributed by atoms with Gasteiger partial charge in [-0.25, -0.2) is 0 Å². The average molecular weight is 276 g/mol. The predicted octanol–water partition coefficient (Wildman–Crippen LogP) is 1.96. The van der Waals surface area contributed by atoms with Crippen LogP contribution in [-0.2, 0) is 10.2 Å². The molecular weight excluding hydrogens is 252 g/mol. The molecule has 0 spiro atoms. The van der Waals surface area contributed by atoms with E-state index in [0.717, 1.165) is 24.2 Å². The fraction of sp³-hybridized carbons (Fsp3) is 0.562. The number of hydrogen-bond acceptors (Lipinski definition) is 3. The lowest BCUT2D eigenvalue weighted by atomic mass is 9.86. The van der Waals surface area contributed by atoms with Crippen molar-refractivity contribution >= 4 is 5.91 Å². The number of benzene rings is 1. The van der Waals surface area contributed by atoms with Crippen LogP contribution in [0.5, 0.6) is 5.75 Å². The second kappa shape index (κ2) is 5.09. The van der Waals surface area contributed by atoms with Crippen LogP contribution in [0.2, 0.25) is 0 Å². The van der Waals surface area contributed by atoms with E-state index in [0.29, 0.717) is 0 Å². The van der Waals surface area contributed by atoms with Crippen LogP contribution in [0, 0.1) is 5.92 Å². The molecule has 0 aromatic heterocycles. The van der Waals surface area contributed by atoms with E-state index in [1.165, 1.54) is 0 Å². The smallest absolute Gasteiger partial charge is 0.241 e. The van der Waals surface area contributed by atoms with Crippen molar-refractivity contribution in [3.05, 3.63) is 29.8 Å². The van der Waals surface area contributed by atoms with Crippen molar-refractivity contribution in [1.29, 1.82) is 0 Å². The zero-order chi connectivity index (χ0) is 15.0. The maximum Gasteiger partial charge on any atom is 0.241 e. The summed E-state index contributed by atoms with van der Waals surface area (Å²) in [6.45, 7) is 6.51. The standard InChI is InChI=1S/C16H24N2O2/c1-15(2,3)12-6-4-5-7-13(12)20-10-16(18,14(17)19)11-8-9-11/h4-7,11H,8-10,18H2,1-3H3,(H2,17,19). The van der Waals surface area contributed by atoms with Gasteiger partial charge >= 0.3 is 0 Å². The minimum atomic E-state index is -1.05. The lowest BCUT2D eigenvalue weighted by Gasteiger charge is -2.28. The summed E-state index contributed by atoms with van der Waals surface area (Å²) in [6, 6.07) is 7.85. The average Bonchev–Trinajstić information content (AvgIpc) is 3.19. The molecule has 1 fully saturated rings. The molecule has 110 valence electrons. The molecule has 20 heavy (non-hydrogen) atoms. The van der Waals surface area contributed by atoms with E-state index >= 15 is 0 Å². The molecule has 1 unspecified atom stereocenters. The van der Waals surface area contributed by atoms with E-state index in [2.05, 4.69) is 20.8 Å². The molecule has 1 aromatic rings. The molecule has 4 heteroatoms. The Bertz CT molecular complexity index is 503. The number of primary amides is 1. The van der Waals surface area contributed by atoms with Crippen LogP contribution in [0.1, 0.15) is 39.2 Å². The van der Waals surface area contributed by atoms with Crippen LogP contribution >= 0.6 is 0 Å². The third kappa shape index (κ3) is 2.96. The minimum Gasteiger partial charge on any atom is -0.491 e. The van der Waals surface area contributed by atoms with Gasteiger partial charge in [0, 0.05) is 0 Å². The lowest BCUT2D eigenvalue weighted by molar-refractivity contribution is -0.125. The van der Waals surface area contributed by atoms with Crippen LogP contribution in [0.3, 0.4) is 0 Å². The Labute approximate surface area is 120 Å². The van der Waals surface area contributed by atoms with Crippen LogP contribution in [0.4, 0.5) is 0 Å². The molecule has 2 rings (SSSR count). The zero-order valence-electron chi connectivity index (χ0n) is 12.5. The highest BCUT2D eigenvalue weighted by atomic mass is 16.5. The van der Waals surface area contributed by atoms with E-state index in [9.17, 15) is 4.79 Å². The molecule has 0 aliphatic heterocycles. The Balaban J connectivity index is 2.17. The van der Waals surface area contributed by atoms with Crippen molar-refractivity contribution in [2.75, 3.05) is 6.61 Å². The molecule has 4 N–H and O–H groups in total. The number of amides is 1. The second-order valence-electron chi connectivity index (χ2n) is 6.71. The van der Waals surface area contributed by atoms with Crippen LogP contribution in [0.25, 0.3) is 0 Å². The highest BCUT2D eigenvalue weighted by molar-refractivity contribution is 5.85. The second-order valence-corrected chi connectivity index (χ2v) is 6.71. The quantitative estimate of drug-likeness (QED) is 0.863. The first-order chi connectivity index (χ1) is 9.25. The molecule has 0 heterocycles. The van der Waals surface area contributed by atoms with Crippen molar-refractivity contribution in [2.24, 2.45) is 17.4 Å². The third-order valence-electron chi connectivity index (χ3n) is 3.93. The highest BCUT2D eigenvalue weighted by Crippen LogP contribution is 2.39. The van der Waals surface area contributed by atoms with Gasteiger partial charge in [-0.05, 0) is 35.8 Å². The minimum absolute atomic E-state index is 0.0276. The van der Waals surface area contributed by atoms with Crippen LogP contribution < -0.4 is 16.2 Å². The van der Waals surface area contributed by atoms with Gasteiger partial charge in [-0.15, -0.1) is 0 Å². The number of rotatable bonds is 5. The molecule has 4 nitrogen and oxygen atoms in total. The fourth-order valence-electron chi connectivity index (χ4n) is 2.40. The third-order valence-corrected chi connectivity index (χ3v) is 3.93. The number of nitrogens with two attached hydrogens (primary N) is 2. The van der Waals surface area contributed by atoms with Gasteiger partial charge in [0.15, 0.2) is 0 Å². The predicted molar refractivity (Wildman–Crippen MR) is 79.5 cm³/mol. The number of ether oxygens (including phenoxy) is 1. The Hall–Kier alpha value is -1.55. The van der Waals surface area contributed by atoms with E-state index in [1.54, 1.807) is 0 Å². The van der Waals surface area contributed by atoms with E-state index in [4.69, 9.17) is 16.2 Å². The molecule has 1 aliphatic rings. The van der Waals surface area contributed by atoms with Gasteiger partial charge in [0.2, 0.25) is 5.91 Å². The Morgan fingerprint density at radius 3 is 2.40 bits per heavy atom. The topological polar surface area (TPSA) is 78.3 Å². The zero-order valence-corrected chi connectivity index (χ0v) is 12.5. The maximum absolute atomic E-state index is 11.6. The van der Waals surface area contributed by atoms with Crippen LogP contribution in [0.15, 0.2) is 24.3 Å². The Morgan fingerprint density at radius 1 is 1.30 bits per heavy atom. The largest absolute Gasteiger partial charge is 0.491 e. The lowest BCUT2D eigenvalue weighted by Crippen LogP contribution is -2.58. The summed E-state index contributed by atoms with van der Waals surface area (Å²) in [7, 11) is 0. The molecule has 1 aliphatic carbocycles. The molecule has 0 saturated heterocycles. The Morgan fingerprint density at radius 2 is 1.90 bits per heavy atom. The molecule has 1 atom stereocenters. The van der Waals surface area contributed by atoms with Crippen molar-refractivity contribution in [1.82, 2.24) is 0 Å². The molecule has 1 saturated carbocycles. The number of hydrogen-bond donors (Lipinski definition) is 2. The molecule has 0 radical (unpaired) electrons. The van der Waals surface area contributed by atoms with Gasteiger partial charge in [-0.3, -0.25) is 4.79 Å². The summed E-state index contributed by atoms with van der Waals surface area (Å²) in [5, 5.41) is 0. The van der Waals surface area contributed by atoms with Gasteiger partial charge < -0.3 is 16.2 Å². The van der Waals surface area contributed by atoms with Gasteiger partial charge in [-0.2, -0.15) is 0 Å². The van der Waals surface area contributed by atoms with Crippen LogP contribution in [-0.4, -0.2) is 18.1 Å². The van der Waals surface area contributed by atoms with Crippen molar-refractivity contribution in [3.63, 3.8) is 0 Å². The van der Waals surface area contributed by atoms with E-state index < -0.39 is 11.4 Å². The van der Waals surface area contributed by atoms with Gasteiger partial charge in [0.1, 0.15) is 17.9 Å². The number of carbonyl (C=O) groups excluding carboxylic acids is 1. The van der Waals surface area contributed by atoms with Crippen molar-refractivity contribution in [3.8, 4) is 5.75 Å². The summed E-state index contributed by atoms with van der Waals surface area (Å²) in [5.41, 5.74) is 11.6. The van der Waals surface area contributed by atoms with E-state index in [-0.39, 0.29) is 17.9 Å². The number of para-hydroxylation sites is 1. The maximum atomic E-state index is 11.6. The fourth-order valence-corrected chi connectivity index (χ4v) is 2.40. The summed E-state index contributed by atoms with van der Waals surface area (Å²) in [5.74, 6) is 0.451. The summed E-state index contributed by atoms with van der Waals surface area (Å²) in [4.78, 5) is 11.6. The first kappa shape index (κ1) is 14.9. The first-order valence-electron chi connectivity index (χ1n) is 7.06. The summed E-state index contributed by atoms with van der Waals surface area (Å²) in [6.07, 6.45) is 1.90. The Kier molecular flexibility index (Phi) is 3.78. The molecular formula is C16H24N2O2. The van der Waals surface area contributed by atoms with Gasteiger partial charge in [0.25, 0.3) is 0 Å². The van der Waals surface area contributed by atoms with Gasteiger partial charge in [0.05, 0.1) is 0 Å². The highest BCUT2D eigenvalue weighted by Gasteiger charge is 2.47. The van der Waals surface area contributed by atoms with Crippen molar-refractivity contribution in [2.45, 2.75) is 44.6 Å². The summed E-state index contributed by atoms with van der Waals surface area (Å²) < 4.78 is 5.87. The molecule has 1 aromatic carbocycles. The van der Waals surface area contributed by atoms with E-state index in [1.807, 2.05) is 24.3 Å². The first-order valence-corrected chi connectivity index (χ1v) is 7.06. The van der Waals surface area contributed by atoms with Crippen molar-refractivity contribution < 1.29 is 9.53 Å².